The van der Waals surface area contributed by atoms with E-state index in [0.717, 1.165) is 12.2 Å². The van der Waals surface area contributed by atoms with Gasteiger partial charge in [-0.3, -0.25) is 0 Å². The average Bonchev–Trinajstić information content (AvgIpc) is 2.25. The molecule has 15 heavy (non-hydrogen) atoms. The average molecular weight is 208 g/mol. The number of ether oxygens (including phenoxy) is 1. The van der Waals surface area contributed by atoms with Gasteiger partial charge in [-0.2, -0.15) is 0 Å². The van der Waals surface area contributed by atoms with Crippen LogP contribution in [0.4, 0.5) is 0 Å². The Hall–Kier alpha value is -1.02. The Bertz CT molecular complexity index is 264. The monoisotopic (exact) mass is 208 g/mol. The zero-order chi connectivity index (χ0) is 11.1. The van der Waals surface area contributed by atoms with E-state index in [0.29, 0.717) is 6.61 Å². The zero-order valence-corrected chi connectivity index (χ0v) is 9.57. The van der Waals surface area contributed by atoms with E-state index in [9.17, 15) is 0 Å². The molecule has 0 fully saturated rings. The largest absolute Gasteiger partial charge is 0.491 e. The van der Waals surface area contributed by atoms with Crippen LogP contribution in [0.3, 0.4) is 0 Å². The van der Waals surface area contributed by atoms with Gasteiger partial charge in [0.05, 0.1) is 6.10 Å². The number of hydrogen-bond donors (Lipinski definition) is 1. The third-order valence-electron chi connectivity index (χ3n) is 2.23. The van der Waals surface area contributed by atoms with Gasteiger partial charge in [-0.15, -0.1) is 0 Å². The summed E-state index contributed by atoms with van der Waals surface area (Å²) >= 11 is 0. The highest BCUT2D eigenvalue weighted by Gasteiger charge is 1.98. The van der Waals surface area contributed by atoms with Crippen LogP contribution in [0.1, 0.15) is 32.3 Å². The molecule has 2 nitrogen and oxygen atoms in total. The molecule has 1 atom stereocenters. The Morgan fingerprint density at radius 2 is 1.93 bits per heavy atom. The normalized spacial score (nSPS) is 12.5. The summed E-state index contributed by atoms with van der Waals surface area (Å²) in [6.45, 7) is 4.27. The van der Waals surface area contributed by atoms with E-state index in [1.165, 1.54) is 18.4 Å². The lowest BCUT2D eigenvalue weighted by Gasteiger charge is -2.08. The first kappa shape index (κ1) is 12.1. The Kier molecular flexibility index (Phi) is 5.19. The summed E-state index contributed by atoms with van der Waals surface area (Å²) < 4.78 is 5.38. The van der Waals surface area contributed by atoms with Crippen LogP contribution in [-0.4, -0.2) is 17.8 Å². The molecule has 0 aliphatic heterocycles. The lowest BCUT2D eigenvalue weighted by Crippen LogP contribution is -2.12. The molecule has 0 bridgehead atoms. The van der Waals surface area contributed by atoms with E-state index in [1.807, 2.05) is 12.1 Å². The van der Waals surface area contributed by atoms with Crippen molar-refractivity contribution in [3.63, 3.8) is 0 Å². The van der Waals surface area contributed by atoms with Gasteiger partial charge in [-0.05, 0) is 37.5 Å². The molecule has 1 N–H and O–H groups in total. The molecule has 1 aromatic carbocycles. The van der Waals surface area contributed by atoms with E-state index in [4.69, 9.17) is 9.84 Å². The number of aliphatic hydroxyl groups excluding tert-OH is 1. The van der Waals surface area contributed by atoms with Crippen LogP contribution in [0, 0.1) is 0 Å². The molecule has 0 aromatic heterocycles. The summed E-state index contributed by atoms with van der Waals surface area (Å²) in [5.41, 5.74) is 1.35. The molecular weight excluding hydrogens is 188 g/mol. The second kappa shape index (κ2) is 6.46. The first-order chi connectivity index (χ1) is 7.22. The number of aliphatic hydroxyl groups is 1. The smallest absolute Gasteiger partial charge is 0.119 e. The van der Waals surface area contributed by atoms with Crippen LogP contribution in [-0.2, 0) is 6.42 Å². The Morgan fingerprint density at radius 3 is 2.47 bits per heavy atom. The van der Waals surface area contributed by atoms with Gasteiger partial charge < -0.3 is 9.84 Å². The van der Waals surface area contributed by atoms with E-state index in [2.05, 4.69) is 19.1 Å². The second-order valence-corrected chi connectivity index (χ2v) is 3.91. The molecule has 1 aromatic rings. The minimum atomic E-state index is -0.412. The quantitative estimate of drug-likeness (QED) is 0.779. The standard InChI is InChI=1S/C13H20O2/c1-3-4-5-12-6-8-13(9-7-12)15-10-11(2)14/h6-9,11,14H,3-5,10H2,1-2H3/t11-/m0/s1. The van der Waals surface area contributed by atoms with Gasteiger partial charge in [-0.1, -0.05) is 25.5 Å². The molecule has 0 saturated heterocycles. The molecule has 0 unspecified atom stereocenters. The fourth-order valence-electron chi connectivity index (χ4n) is 1.35. The summed E-state index contributed by atoms with van der Waals surface area (Å²) in [4.78, 5) is 0. The highest BCUT2D eigenvalue weighted by Crippen LogP contribution is 2.14. The predicted octanol–water partition coefficient (Wildman–Crippen LogP) is 2.79. The lowest BCUT2D eigenvalue weighted by atomic mass is 10.1. The van der Waals surface area contributed by atoms with Crippen LogP contribution in [0.25, 0.3) is 0 Å². The molecule has 0 spiro atoms. The summed E-state index contributed by atoms with van der Waals surface area (Å²) in [5, 5.41) is 9.06. The third kappa shape index (κ3) is 4.84. The summed E-state index contributed by atoms with van der Waals surface area (Å²) in [5.74, 6) is 0.830. The Morgan fingerprint density at radius 1 is 1.27 bits per heavy atom. The minimum absolute atomic E-state index is 0.355. The van der Waals surface area contributed by atoms with Crippen molar-refractivity contribution >= 4 is 0 Å². The highest BCUT2D eigenvalue weighted by atomic mass is 16.5. The first-order valence-corrected chi connectivity index (χ1v) is 5.62. The van der Waals surface area contributed by atoms with Crippen molar-refractivity contribution in [1.29, 1.82) is 0 Å². The molecular formula is C13H20O2. The van der Waals surface area contributed by atoms with Crippen molar-refractivity contribution in [1.82, 2.24) is 0 Å². The van der Waals surface area contributed by atoms with Crippen molar-refractivity contribution in [3.8, 4) is 5.75 Å². The van der Waals surface area contributed by atoms with E-state index < -0.39 is 6.10 Å². The van der Waals surface area contributed by atoms with E-state index >= 15 is 0 Å². The van der Waals surface area contributed by atoms with Crippen molar-refractivity contribution in [2.45, 2.75) is 39.2 Å². The second-order valence-electron chi connectivity index (χ2n) is 3.91. The van der Waals surface area contributed by atoms with Crippen LogP contribution < -0.4 is 4.74 Å². The summed E-state index contributed by atoms with van der Waals surface area (Å²) in [6, 6.07) is 8.11. The molecule has 2 heteroatoms. The van der Waals surface area contributed by atoms with Gasteiger partial charge in [0.25, 0.3) is 0 Å². The number of aryl methyl sites for hydroxylation is 1. The molecule has 0 aliphatic carbocycles. The number of unbranched alkanes of at least 4 members (excludes halogenated alkanes) is 1. The number of hydrogen-bond acceptors (Lipinski definition) is 2. The van der Waals surface area contributed by atoms with Gasteiger partial charge in [-0.25, -0.2) is 0 Å². The van der Waals surface area contributed by atoms with Crippen molar-refractivity contribution < 1.29 is 9.84 Å². The molecule has 0 heterocycles. The summed E-state index contributed by atoms with van der Waals surface area (Å²) in [7, 11) is 0. The van der Waals surface area contributed by atoms with Crippen molar-refractivity contribution in [2.24, 2.45) is 0 Å². The molecule has 1 rings (SSSR count). The van der Waals surface area contributed by atoms with Gasteiger partial charge in [0.2, 0.25) is 0 Å². The van der Waals surface area contributed by atoms with E-state index in [-0.39, 0.29) is 0 Å². The van der Waals surface area contributed by atoms with Crippen molar-refractivity contribution in [2.75, 3.05) is 6.61 Å². The Labute approximate surface area is 91.9 Å². The lowest BCUT2D eigenvalue weighted by molar-refractivity contribution is 0.122. The van der Waals surface area contributed by atoms with E-state index in [1.54, 1.807) is 6.92 Å². The van der Waals surface area contributed by atoms with Gasteiger partial charge in [0.15, 0.2) is 0 Å². The van der Waals surface area contributed by atoms with Gasteiger partial charge in [0, 0.05) is 0 Å². The fraction of sp³-hybridized carbons (Fsp3) is 0.538. The Balaban J connectivity index is 2.41. The molecule has 0 amide bonds. The highest BCUT2D eigenvalue weighted by molar-refractivity contribution is 5.27. The predicted molar refractivity (Wildman–Crippen MR) is 62.2 cm³/mol. The molecule has 0 aliphatic rings. The third-order valence-corrected chi connectivity index (χ3v) is 2.23. The van der Waals surface area contributed by atoms with Crippen LogP contribution in [0.2, 0.25) is 0 Å². The number of rotatable bonds is 6. The van der Waals surface area contributed by atoms with Crippen LogP contribution >= 0.6 is 0 Å². The maximum Gasteiger partial charge on any atom is 0.119 e. The van der Waals surface area contributed by atoms with Gasteiger partial charge in [0.1, 0.15) is 12.4 Å². The van der Waals surface area contributed by atoms with Crippen LogP contribution in [0.15, 0.2) is 24.3 Å². The van der Waals surface area contributed by atoms with Gasteiger partial charge >= 0.3 is 0 Å². The number of benzene rings is 1. The fourth-order valence-corrected chi connectivity index (χ4v) is 1.35. The maximum atomic E-state index is 9.06. The minimum Gasteiger partial charge on any atom is -0.491 e. The summed E-state index contributed by atoms with van der Waals surface area (Å²) in [6.07, 6.45) is 3.17. The topological polar surface area (TPSA) is 29.5 Å². The molecule has 0 saturated carbocycles. The zero-order valence-electron chi connectivity index (χ0n) is 9.57. The SMILES string of the molecule is CCCCc1ccc(OC[C@H](C)O)cc1. The van der Waals surface area contributed by atoms with Crippen molar-refractivity contribution in [3.05, 3.63) is 29.8 Å². The first-order valence-electron chi connectivity index (χ1n) is 5.62. The molecule has 84 valence electrons. The molecule has 0 radical (unpaired) electrons. The maximum absolute atomic E-state index is 9.06. The van der Waals surface area contributed by atoms with Crippen LogP contribution in [0.5, 0.6) is 5.75 Å².